The number of halogens is 1. The number of aryl methyl sites for hydroxylation is 1. The van der Waals surface area contributed by atoms with E-state index in [1.54, 1.807) is 48.5 Å². The van der Waals surface area contributed by atoms with Gasteiger partial charge in [0, 0.05) is 9.26 Å². The minimum absolute atomic E-state index is 0.138. The van der Waals surface area contributed by atoms with Crippen molar-refractivity contribution in [3.63, 3.8) is 0 Å². The molecule has 0 unspecified atom stereocenters. The molecule has 0 aliphatic carbocycles. The molecule has 0 aliphatic heterocycles. The van der Waals surface area contributed by atoms with Gasteiger partial charge in [-0.1, -0.05) is 30.3 Å². The van der Waals surface area contributed by atoms with Gasteiger partial charge in [0.1, 0.15) is 6.54 Å². The number of carbonyl (C=O) groups is 1. The predicted molar refractivity (Wildman–Crippen MR) is 120 cm³/mol. The Bertz CT molecular complexity index is 1070. The Morgan fingerprint density at radius 3 is 2.29 bits per heavy atom. The maximum absolute atomic E-state index is 13.2. The van der Waals surface area contributed by atoms with Crippen LogP contribution in [0.2, 0.25) is 0 Å². The highest BCUT2D eigenvalue weighted by Gasteiger charge is 2.27. The Balaban J connectivity index is 1.92. The second-order valence-corrected chi connectivity index (χ2v) is 9.33. The van der Waals surface area contributed by atoms with Gasteiger partial charge >= 0.3 is 0 Å². The topological polar surface area (TPSA) is 66.5 Å². The van der Waals surface area contributed by atoms with Gasteiger partial charge in [0.05, 0.1) is 10.6 Å². The summed E-state index contributed by atoms with van der Waals surface area (Å²) in [5.74, 6) is -0.415. The molecule has 3 aromatic carbocycles. The van der Waals surface area contributed by atoms with E-state index in [9.17, 15) is 13.2 Å². The minimum Gasteiger partial charge on any atom is -0.325 e. The van der Waals surface area contributed by atoms with Crippen LogP contribution < -0.4 is 9.62 Å². The van der Waals surface area contributed by atoms with Crippen molar-refractivity contribution in [3.05, 3.63) is 88.0 Å². The average Bonchev–Trinajstić information content (AvgIpc) is 2.68. The molecular formula is C21H19IN2O3S. The summed E-state index contributed by atoms with van der Waals surface area (Å²) in [5, 5.41) is 2.76. The molecule has 3 rings (SSSR count). The fourth-order valence-corrected chi connectivity index (χ4v) is 4.48. The highest BCUT2D eigenvalue weighted by Crippen LogP contribution is 2.24. The summed E-state index contributed by atoms with van der Waals surface area (Å²) in [4.78, 5) is 12.8. The summed E-state index contributed by atoms with van der Waals surface area (Å²) in [5.41, 5.74) is 1.97. The average molecular weight is 506 g/mol. The number of nitrogens with one attached hydrogen (secondary N) is 1. The van der Waals surface area contributed by atoms with Crippen LogP contribution in [0.3, 0.4) is 0 Å². The SMILES string of the molecule is Cc1cccc(N(CC(=O)Nc2ccc(I)cc2)S(=O)(=O)c2ccccc2)c1. The molecule has 0 radical (unpaired) electrons. The van der Waals surface area contributed by atoms with Crippen molar-refractivity contribution in [1.82, 2.24) is 0 Å². The number of sulfonamides is 1. The van der Waals surface area contributed by atoms with Crippen LogP contribution in [0.5, 0.6) is 0 Å². The largest absolute Gasteiger partial charge is 0.325 e. The Kier molecular flexibility index (Phi) is 6.35. The molecule has 144 valence electrons. The Morgan fingerprint density at radius 1 is 0.964 bits per heavy atom. The van der Waals surface area contributed by atoms with E-state index < -0.39 is 15.9 Å². The van der Waals surface area contributed by atoms with Gasteiger partial charge in [0.25, 0.3) is 10.0 Å². The van der Waals surface area contributed by atoms with E-state index in [4.69, 9.17) is 0 Å². The highest BCUT2D eigenvalue weighted by molar-refractivity contribution is 14.1. The van der Waals surface area contributed by atoms with Gasteiger partial charge in [-0.05, 0) is 83.6 Å². The van der Waals surface area contributed by atoms with Crippen LogP contribution >= 0.6 is 22.6 Å². The quantitative estimate of drug-likeness (QED) is 0.503. The predicted octanol–water partition coefficient (Wildman–Crippen LogP) is 4.43. The summed E-state index contributed by atoms with van der Waals surface area (Å²) in [6, 6.07) is 22.5. The smallest absolute Gasteiger partial charge is 0.264 e. The molecule has 5 nitrogen and oxygen atoms in total. The first kappa shape index (κ1) is 20.3. The first-order valence-electron chi connectivity index (χ1n) is 8.56. The lowest BCUT2D eigenvalue weighted by atomic mass is 10.2. The molecule has 0 spiro atoms. The molecule has 7 heteroatoms. The lowest BCUT2D eigenvalue weighted by molar-refractivity contribution is -0.114. The molecule has 1 N–H and O–H groups in total. The van der Waals surface area contributed by atoms with Crippen LogP contribution in [-0.2, 0) is 14.8 Å². The van der Waals surface area contributed by atoms with E-state index in [-0.39, 0.29) is 11.4 Å². The fraction of sp³-hybridized carbons (Fsp3) is 0.0952. The van der Waals surface area contributed by atoms with E-state index in [0.717, 1.165) is 13.4 Å². The van der Waals surface area contributed by atoms with Crippen molar-refractivity contribution in [3.8, 4) is 0 Å². The number of anilines is 2. The van der Waals surface area contributed by atoms with Gasteiger partial charge in [0.2, 0.25) is 5.91 Å². The number of benzene rings is 3. The Labute approximate surface area is 178 Å². The summed E-state index contributed by atoms with van der Waals surface area (Å²) in [6.45, 7) is 1.55. The number of nitrogens with zero attached hydrogens (tertiary/aromatic N) is 1. The molecule has 0 saturated heterocycles. The van der Waals surface area contributed by atoms with Gasteiger partial charge < -0.3 is 5.32 Å². The molecule has 0 heterocycles. The Morgan fingerprint density at radius 2 is 1.64 bits per heavy atom. The lowest BCUT2D eigenvalue weighted by Gasteiger charge is -2.24. The molecule has 0 atom stereocenters. The number of hydrogen-bond acceptors (Lipinski definition) is 3. The summed E-state index contributed by atoms with van der Waals surface area (Å²) >= 11 is 2.18. The lowest BCUT2D eigenvalue weighted by Crippen LogP contribution is -2.38. The van der Waals surface area contributed by atoms with E-state index in [2.05, 4.69) is 27.9 Å². The van der Waals surface area contributed by atoms with Crippen molar-refractivity contribution < 1.29 is 13.2 Å². The zero-order valence-electron chi connectivity index (χ0n) is 15.2. The fourth-order valence-electron chi connectivity index (χ4n) is 2.68. The van der Waals surface area contributed by atoms with Crippen LogP contribution in [0.25, 0.3) is 0 Å². The zero-order valence-corrected chi connectivity index (χ0v) is 18.1. The molecule has 0 fully saturated rings. The zero-order chi connectivity index (χ0) is 20.1. The molecule has 3 aromatic rings. The third-order valence-electron chi connectivity index (χ3n) is 4.04. The molecule has 0 bridgehead atoms. The maximum atomic E-state index is 13.2. The third-order valence-corrected chi connectivity index (χ3v) is 6.54. The summed E-state index contributed by atoms with van der Waals surface area (Å²) < 4.78 is 28.6. The van der Waals surface area contributed by atoms with E-state index >= 15 is 0 Å². The van der Waals surface area contributed by atoms with Gasteiger partial charge in [-0.25, -0.2) is 8.42 Å². The highest BCUT2D eigenvalue weighted by atomic mass is 127. The molecule has 28 heavy (non-hydrogen) atoms. The van der Waals surface area contributed by atoms with E-state index in [0.29, 0.717) is 11.4 Å². The minimum atomic E-state index is -3.89. The van der Waals surface area contributed by atoms with Crippen LogP contribution in [0.1, 0.15) is 5.56 Å². The van der Waals surface area contributed by atoms with Crippen molar-refractivity contribution >= 4 is 49.9 Å². The van der Waals surface area contributed by atoms with E-state index in [1.165, 1.54) is 12.1 Å². The van der Waals surface area contributed by atoms with Gasteiger partial charge in [-0.15, -0.1) is 0 Å². The second kappa shape index (κ2) is 8.74. The molecular weight excluding hydrogens is 487 g/mol. The molecule has 1 amide bonds. The van der Waals surface area contributed by atoms with Crippen LogP contribution in [0.4, 0.5) is 11.4 Å². The summed E-state index contributed by atoms with van der Waals surface area (Å²) in [7, 11) is -3.89. The van der Waals surface area contributed by atoms with Crippen LogP contribution in [0.15, 0.2) is 83.8 Å². The van der Waals surface area contributed by atoms with Gasteiger partial charge in [-0.3, -0.25) is 9.10 Å². The van der Waals surface area contributed by atoms with Crippen molar-refractivity contribution in [1.29, 1.82) is 0 Å². The van der Waals surface area contributed by atoms with Gasteiger partial charge in [0.15, 0.2) is 0 Å². The molecule has 0 aromatic heterocycles. The van der Waals surface area contributed by atoms with Crippen LogP contribution in [0, 0.1) is 10.5 Å². The van der Waals surface area contributed by atoms with Gasteiger partial charge in [-0.2, -0.15) is 0 Å². The number of carbonyl (C=O) groups excluding carboxylic acids is 1. The maximum Gasteiger partial charge on any atom is 0.264 e. The first-order chi connectivity index (χ1) is 13.4. The standard InChI is InChI=1S/C21H19IN2O3S/c1-16-6-5-7-19(14-16)24(28(26,27)20-8-3-2-4-9-20)15-21(25)23-18-12-10-17(22)11-13-18/h2-14H,15H2,1H3,(H,23,25). The first-order valence-corrected chi connectivity index (χ1v) is 11.1. The van der Waals surface area contributed by atoms with Crippen molar-refractivity contribution in [2.45, 2.75) is 11.8 Å². The normalized spacial score (nSPS) is 11.1. The molecule has 0 aliphatic rings. The van der Waals surface area contributed by atoms with E-state index in [1.807, 2.05) is 25.1 Å². The number of hydrogen-bond donors (Lipinski definition) is 1. The Hall–Kier alpha value is -2.39. The number of amides is 1. The molecule has 0 saturated carbocycles. The third kappa shape index (κ3) is 4.90. The second-order valence-electron chi connectivity index (χ2n) is 6.22. The van der Waals surface area contributed by atoms with Crippen molar-refractivity contribution in [2.75, 3.05) is 16.2 Å². The number of rotatable bonds is 6. The van der Waals surface area contributed by atoms with Crippen LogP contribution in [-0.4, -0.2) is 20.9 Å². The summed E-state index contributed by atoms with van der Waals surface area (Å²) in [6.07, 6.45) is 0. The monoisotopic (exact) mass is 506 g/mol. The van der Waals surface area contributed by atoms with Crippen molar-refractivity contribution in [2.24, 2.45) is 0 Å².